The van der Waals surface area contributed by atoms with Crippen LogP contribution in [0.15, 0.2) is 72.4 Å². The summed E-state index contributed by atoms with van der Waals surface area (Å²) in [7, 11) is 2.15. The van der Waals surface area contributed by atoms with Crippen molar-refractivity contribution >= 4 is 11.7 Å². The van der Waals surface area contributed by atoms with Gasteiger partial charge in [-0.3, -0.25) is 0 Å². The summed E-state index contributed by atoms with van der Waals surface area (Å²) in [6.07, 6.45) is 7.08. The minimum absolute atomic E-state index is 0.180. The fourth-order valence-corrected chi connectivity index (χ4v) is 3.38. The maximum absolute atomic E-state index is 11.8. The van der Waals surface area contributed by atoms with E-state index in [1.807, 2.05) is 13.0 Å². The van der Waals surface area contributed by atoms with E-state index in [0.29, 0.717) is 17.9 Å². The van der Waals surface area contributed by atoms with Crippen LogP contribution >= 0.6 is 0 Å². The van der Waals surface area contributed by atoms with Gasteiger partial charge in [0.15, 0.2) is 5.70 Å². The number of allylic oxidation sites excluding steroid dienone is 3. The molecule has 0 amide bonds. The minimum Gasteiger partial charge on any atom is -0.476 e. The van der Waals surface area contributed by atoms with E-state index in [4.69, 9.17) is 0 Å². The zero-order valence-electron chi connectivity index (χ0n) is 16.6. The van der Waals surface area contributed by atoms with Gasteiger partial charge in [-0.1, -0.05) is 24.8 Å². The van der Waals surface area contributed by atoms with E-state index in [0.717, 1.165) is 31.7 Å². The number of hydrogen-bond donors (Lipinski definition) is 2. The van der Waals surface area contributed by atoms with Crippen LogP contribution in [0.4, 0.5) is 5.69 Å². The van der Waals surface area contributed by atoms with Crippen LogP contribution in [-0.4, -0.2) is 54.1 Å². The van der Waals surface area contributed by atoms with Crippen molar-refractivity contribution in [3.63, 3.8) is 0 Å². The number of carbonyl (C=O) groups is 1. The molecule has 3 rings (SSSR count). The van der Waals surface area contributed by atoms with Crippen LogP contribution in [0.5, 0.6) is 0 Å². The van der Waals surface area contributed by atoms with Crippen LogP contribution < -0.4 is 10.2 Å². The maximum atomic E-state index is 11.8. The third-order valence-electron chi connectivity index (χ3n) is 5.04. The molecule has 2 aliphatic heterocycles. The maximum Gasteiger partial charge on any atom is 0.355 e. The summed E-state index contributed by atoms with van der Waals surface area (Å²) in [6, 6.07) is 8.46. The van der Waals surface area contributed by atoms with E-state index < -0.39 is 5.97 Å². The molecule has 0 saturated carbocycles. The van der Waals surface area contributed by atoms with Crippen molar-refractivity contribution in [2.75, 3.05) is 38.1 Å². The van der Waals surface area contributed by atoms with Gasteiger partial charge in [0.1, 0.15) is 0 Å². The van der Waals surface area contributed by atoms with Crippen LogP contribution in [0.1, 0.15) is 12.5 Å². The van der Waals surface area contributed by atoms with Gasteiger partial charge in [-0.2, -0.15) is 0 Å². The van der Waals surface area contributed by atoms with Crippen molar-refractivity contribution in [2.45, 2.75) is 13.5 Å². The van der Waals surface area contributed by atoms with Gasteiger partial charge in [0.2, 0.25) is 0 Å². The molecule has 148 valence electrons. The fourth-order valence-electron chi connectivity index (χ4n) is 3.38. The number of hydrogen-bond acceptors (Lipinski definition) is 5. The molecule has 1 saturated heterocycles. The second-order valence-electron chi connectivity index (χ2n) is 7.05. The van der Waals surface area contributed by atoms with Gasteiger partial charge < -0.3 is 25.1 Å². The van der Waals surface area contributed by atoms with Crippen molar-refractivity contribution in [1.29, 1.82) is 0 Å². The van der Waals surface area contributed by atoms with Crippen LogP contribution in [0.25, 0.3) is 0 Å². The molecule has 2 heterocycles. The largest absolute Gasteiger partial charge is 0.476 e. The molecule has 0 unspecified atom stereocenters. The van der Waals surface area contributed by atoms with Gasteiger partial charge in [-0.15, -0.1) is 0 Å². The Kier molecular flexibility index (Phi) is 6.21. The van der Waals surface area contributed by atoms with E-state index in [-0.39, 0.29) is 5.70 Å². The second kappa shape index (κ2) is 8.80. The van der Waals surface area contributed by atoms with Gasteiger partial charge in [0.05, 0.1) is 5.70 Å². The number of benzene rings is 1. The Balaban J connectivity index is 1.69. The average molecular weight is 380 g/mol. The van der Waals surface area contributed by atoms with E-state index in [2.05, 4.69) is 53.0 Å². The number of anilines is 1. The molecule has 0 spiro atoms. The molecule has 1 fully saturated rings. The zero-order valence-corrected chi connectivity index (χ0v) is 16.6. The molecular formula is C22H28N4O2. The normalized spacial score (nSPS) is 18.3. The standard InChI is InChI=1S/C22H28N4O2/c1-4-11-26-17(2)5-10-20(21(26)22(27)28)23-16-18-6-8-19(9-7-18)25-14-12-24(3)13-15-25/h4-11,23H,2,12-16H2,1,3H3,(H,27,28)/b11-4-. The Labute approximate surface area is 166 Å². The summed E-state index contributed by atoms with van der Waals surface area (Å²) in [4.78, 5) is 18.1. The highest BCUT2D eigenvalue weighted by molar-refractivity contribution is 5.88. The van der Waals surface area contributed by atoms with Gasteiger partial charge in [-0.25, -0.2) is 4.79 Å². The third-order valence-corrected chi connectivity index (χ3v) is 5.04. The SMILES string of the molecule is C=C1C=CC(NCc2ccc(N3CCN(C)CC3)cc2)=C(C(=O)O)N1/C=C\C. The number of rotatable bonds is 6. The van der Waals surface area contributed by atoms with Gasteiger partial charge >= 0.3 is 5.97 Å². The molecule has 2 aliphatic rings. The molecule has 1 aromatic rings. The Bertz CT molecular complexity index is 815. The predicted molar refractivity (Wildman–Crippen MR) is 113 cm³/mol. The van der Waals surface area contributed by atoms with Crippen molar-refractivity contribution in [3.8, 4) is 0 Å². The van der Waals surface area contributed by atoms with Crippen LogP contribution in [0, 0.1) is 0 Å². The smallest absolute Gasteiger partial charge is 0.355 e. The van der Waals surface area contributed by atoms with Gasteiger partial charge in [0.25, 0.3) is 0 Å². The van der Waals surface area contributed by atoms with Gasteiger partial charge in [0, 0.05) is 50.3 Å². The summed E-state index contributed by atoms with van der Waals surface area (Å²) in [6.45, 7) is 10.6. The van der Waals surface area contributed by atoms with E-state index in [9.17, 15) is 9.90 Å². The van der Waals surface area contributed by atoms with E-state index in [1.165, 1.54) is 5.69 Å². The zero-order chi connectivity index (χ0) is 20.1. The lowest BCUT2D eigenvalue weighted by Crippen LogP contribution is -2.44. The Morgan fingerprint density at radius 1 is 1.18 bits per heavy atom. The van der Waals surface area contributed by atoms with Crippen molar-refractivity contribution in [3.05, 3.63) is 77.9 Å². The monoisotopic (exact) mass is 380 g/mol. The van der Waals surface area contributed by atoms with Crippen LogP contribution in [0.3, 0.4) is 0 Å². The molecule has 2 N–H and O–H groups in total. The van der Waals surface area contributed by atoms with Crippen molar-refractivity contribution < 1.29 is 9.90 Å². The Hall–Kier alpha value is -2.99. The number of aliphatic carboxylic acids is 1. The number of nitrogens with one attached hydrogen (secondary N) is 1. The van der Waals surface area contributed by atoms with E-state index >= 15 is 0 Å². The molecule has 28 heavy (non-hydrogen) atoms. The fraction of sp³-hybridized carbons (Fsp3) is 0.318. The first-order valence-corrected chi connectivity index (χ1v) is 9.52. The van der Waals surface area contributed by atoms with E-state index in [1.54, 1.807) is 23.3 Å². The highest BCUT2D eigenvalue weighted by Gasteiger charge is 2.23. The first-order valence-electron chi connectivity index (χ1n) is 9.52. The van der Waals surface area contributed by atoms with Crippen molar-refractivity contribution in [2.24, 2.45) is 0 Å². The number of likely N-dealkylation sites (N-methyl/N-ethyl adjacent to an activating group) is 1. The predicted octanol–water partition coefficient (Wildman–Crippen LogP) is 2.74. The quantitative estimate of drug-likeness (QED) is 0.791. The minimum atomic E-state index is -0.989. The summed E-state index contributed by atoms with van der Waals surface area (Å²) in [5.41, 5.74) is 3.71. The average Bonchev–Trinajstić information content (AvgIpc) is 2.69. The molecule has 6 nitrogen and oxygen atoms in total. The van der Waals surface area contributed by atoms with Gasteiger partial charge in [-0.05, 0) is 43.8 Å². The molecule has 1 aromatic carbocycles. The van der Waals surface area contributed by atoms with Crippen LogP contribution in [0.2, 0.25) is 0 Å². The number of nitrogens with zero attached hydrogens (tertiary/aromatic N) is 3. The lowest BCUT2D eigenvalue weighted by atomic mass is 10.1. The lowest BCUT2D eigenvalue weighted by molar-refractivity contribution is -0.134. The summed E-state index contributed by atoms with van der Waals surface area (Å²) in [5, 5.41) is 12.9. The Morgan fingerprint density at radius 2 is 1.86 bits per heavy atom. The first kappa shape index (κ1) is 19.8. The molecule has 0 atom stereocenters. The number of carboxylic acid groups (broad SMARTS) is 1. The summed E-state index contributed by atoms with van der Waals surface area (Å²) in [5.74, 6) is -0.989. The topological polar surface area (TPSA) is 59.1 Å². The molecule has 6 heteroatoms. The molecule has 0 bridgehead atoms. The third kappa shape index (κ3) is 4.46. The number of carboxylic acids is 1. The molecule has 0 aromatic heterocycles. The highest BCUT2D eigenvalue weighted by atomic mass is 16.4. The lowest BCUT2D eigenvalue weighted by Gasteiger charge is -2.34. The molecule has 0 aliphatic carbocycles. The molecular weight excluding hydrogens is 352 g/mol. The number of piperazine rings is 1. The van der Waals surface area contributed by atoms with Crippen molar-refractivity contribution in [1.82, 2.24) is 15.1 Å². The highest BCUT2D eigenvalue weighted by Crippen LogP contribution is 2.23. The second-order valence-corrected chi connectivity index (χ2v) is 7.05. The summed E-state index contributed by atoms with van der Waals surface area (Å²) >= 11 is 0. The first-order chi connectivity index (χ1) is 13.5. The molecule has 0 radical (unpaired) electrons. The van der Waals surface area contributed by atoms with Crippen LogP contribution in [-0.2, 0) is 11.3 Å². The summed E-state index contributed by atoms with van der Waals surface area (Å²) < 4.78 is 0. The Morgan fingerprint density at radius 3 is 2.46 bits per heavy atom.